The van der Waals surface area contributed by atoms with Gasteiger partial charge in [0.2, 0.25) is 0 Å². The van der Waals surface area contributed by atoms with E-state index in [1.807, 2.05) is 0 Å². The van der Waals surface area contributed by atoms with Crippen molar-refractivity contribution in [3.63, 3.8) is 0 Å². The van der Waals surface area contributed by atoms with Crippen molar-refractivity contribution in [3.8, 4) is 0 Å². The van der Waals surface area contributed by atoms with Crippen LogP contribution in [0.1, 0.15) is 19.8 Å². The lowest BCUT2D eigenvalue weighted by atomic mass is 10.3. The highest BCUT2D eigenvalue weighted by Gasteiger charge is 2.57. The molecule has 11 heavy (non-hydrogen) atoms. The van der Waals surface area contributed by atoms with Crippen LogP contribution in [-0.4, -0.2) is 18.5 Å². The third-order valence-electron chi connectivity index (χ3n) is 1.67. The number of rotatable bonds is 3. The summed E-state index contributed by atoms with van der Waals surface area (Å²) < 4.78 is 28.9. The molecule has 0 bridgehead atoms. The molecule has 1 unspecified atom stereocenters. The lowest BCUT2D eigenvalue weighted by Gasteiger charge is -1.99. The zero-order valence-corrected chi connectivity index (χ0v) is 6.27. The molecule has 0 amide bonds. The first-order valence-corrected chi connectivity index (χ1v) is 3.59. The molecule has 0 radical (unpaired) electrons. The highest BCUT2D eigenvalue weighted by Crippen LogP contribution is 2.50. The Kier molecular flexibility index (Phi) is 2.11. The van der Waals surface area contributed by atoms with Crippen LogP contribution in [-0.2, 0) is 9.53 Å². The number of hydrogen-bond acceptors (Lipinski definition) is 2. The van der Waals surface area contributed by atoms with Gasteiger partial charge in [-0.25, -0.2) is 8.78 Å². The van der Waals surface area contributed by atoms with Gasteiger partial charge >= 0.3 is 5.97 Å². The molecule has 1 aliphatic rings. The van der Waals surface area contributed by atoms with Crippen molar-refractivity contribution in [3.05, 3.63) is 0 Å². The molecule has 1 fully saturated rings. The molecule has 1 aliphatic carbocycles. The summed E-state index contributed by atoms with van der Waals surface area (Å²) in [6.07, 6.45) is -0.299. The number of ether oxygens (including phenoxy) is 1. The summed E-state index contributed by atoms with van der Waals surface area (Å²) in [7, 11) is 0. The van der Waals surface area contributed by atoms with Crippen molar-refractivity contribution >= 4 is 5.97 Å². The smallest absolute Gasteiger partial charge is 0.306 e. The lowest BCUT2D eigenvalue weighted by Crippen LogP contribution is -2.07. The van der Waals surface area contributed by atoms with Crippen LogP contribution in [0.4, 0.5) is 8.78 Å². The summed E-state index contributed by atoms with van der Waals surface area (Å²) in [6, 6.07) is 0. The Hall–Kier alpha value is -0.670. The predicted molar refractivity (Wildman–Crippen MR) is 34.3 cm³/mol. The van der Waals surface area contributed by atoms with Crippen molar-refractivity contribution < 1.29 is 18.3 Å². The maximum atomic E-state index is 12.2. The number of carbonyl (C=O) groups is 1. The van der Waals surface area contributed by atoms with E-state index in [1.54, 1.807) is 6.92 Å². The second-order valence-electron chi connectivity index (χ2n) is 2.67. The first kappa shape index (κ1) is 8.43. The van der Waals surface area contributed by atoms with Crippen LogP contribution in [0.5, 0.6) is 0 Å². The van der Waals surface area contributed by atoms with Crippen LogP contribution in [0.15, 0.2) is 0 Å². The lowest BCUT2D eigenvalue weighted by molar-refractivity contribution is -0.144. The number of carbonyl (C=O) groups excluding carboxylic acids is 1. The van der Waals surface area contributed by atoms with Gasteiger partial charge in [0.1, 0.15) is 0 Å². The average molecular weight is 164 g/mol. The van der Waals surface area contributed by atoms with Crippen LogP contribution in [0.3, 0.4) is 0 Å². The van der Waals surface area contributed by atoms with Crippen LogP contribution in [0.2, 0.25) is 0 Å². The summed E-state index contributed by atoms with van der Waals surface area (Å²) in [5, 5.41) is 0. The third kappa shape index (κ3) is 2.13. The summed E-state index contributed by atoms with van der Waals surface area (Å²) in [6.45, 7) is 1.92. The van der Waals surface area contributed by atoms with Gasteiger partial charge in [0.15, 0.2) is 0 Å². The normalized spacial score (nSPS) is 26.3. The van der Waals surface area contributed by atoms with E-state index in [0.717, 1.165) is 0 Å². The van der Waals surface area contributed by atoms with Crippen molar-refractivity contribution in [1.29, 1.82) is 0 Å². The largest absolute Gasteiger partial charge is 0.466 e. The molecular formula is C7H10F2O2. The van der Waals surface area contributed by atoms with Gasteiger partial charge in [0.05, 0.1) is 13.0 Å². The Morgan fingerprint density at radius 3 is 2.64 bits per heavy atom. The van der Waals surface area contributed by atoms with Gasteiger partial charge in [-0.15, -0.1) is 0 Å². The first-order chi connectivity index (χ1) is 5.06. The van der Waals surface area contributed by atoms with Gasteiger partial charge in [-0.2, -0.15) is 0 Å². The molecule has 0 aromatic heterocycles. The molecule has 64 valence electrons. The van der Waals surface area contributed by atoms with E-state index in [2.05, 4.69) is 4.74 Å². The third-order valence-corrected chi connectivity index (χ3v) is 1.67. The zero-order valence-electron chi connectivity index (χ0n) is 6.27. The topological polar surface area (TPSA) is 26.3 Å². The van der Waals surface area contributed by atoms with Gasteiger partial charge in [-0.3, -0.25) is 4.79 Å². The maximum absolute atomic E-state index is 12.2. The molecule has 0 N–H and O–H groups in total. The molecule has 0 saturated heterocycles. The van der Waals surface area contributed by atoms with E-state index >= 15 is 0 Å². The minimum atomic E-state index is -2.60. The van der Waals surface area contributed by atoms with Gasteiger partial charge in [0, 0.05) is 12.3 Å². The first-order valence-electron chi connectivity index (χ1n) is 3.59. The summed E-state index contributed by atoms with van der Waals surface area (Å²) >= 11 is 0. The second-order valence-corrected chi connectivity index (χ2v) is 2.67. The Morgan fingerprint density at radius 2 is 2.27 bits per heavy atom. The predicted octanol–water partition coefficient (Wildman–Crippen LogP) is 1.59. The van der Waals surface area contributed by atoms with E-state index in [4.69, 9.17) is 0 Å². The van der Waals surface area contributed by atoms with Gasteiger partial charge < -0.3 is 4.74 Å². The van der Waals surface area contributed by atoms with Crippen molar-refractivity contribution in [1.82, 2.24) is 0 Å². The van der Waals surface area contributed by atoms with Crippen LogP contribution in [0, 0.1) is 5.92 Å². The molecule has 0 aliphatic heterocycles. The fourth-order valence-corrected chi connectivity index (χ4v) is 0.912. The highest BCUT2D eigenvalue weighted by molar-refractivity contribution is 5.70. The SMILES string of the molecule is CCOC(=O)CC1CC1(F)F. The van der Waals surface area contributed by atoms with E-state index in [0.29, 0.717) is 0 Å². The Bertz CT molecular complexity index is 168. The van der Waals surface area contributed by atoms with Crippen LogP contribution < -0.4 is 0 Å². The molecule has 1 rings (SSSR count). The maximum Gasteiger partial charge on any atom is 0.306 e. The van der Waals surface area contributed by atoms with Gasteiger partial charge in [0.25, 0.3) is 5.92 Å². The van der Waals surface area contributed by atoms with Crippen LogP contribution in [0.25, 0.3) is 0 Å². The number of esters is 1. The number of hydrogen-bond donors (Lipinski definition) is 0. The summed E-state index contributed by atoms with van der Waals surface area (Å²) in [5.74, 6) is -3.89. The molecular weight excluding hydrogens is 154 g/mol. The molecule has 0 spiro atoms. The van der Waals surface area contributed by atoms with E-state index in [1.165, 1.54) is 0 Å². The molecule has 1 atom stereocenters. The second kappa shape index (κ2) is 2.75. The van der Waals surface area contributed by atoms with Gasteiger partial charge in [-0.05, 0) is 6.92 Å². The number of halogens is 2. The monoisotopic (exact) mass is 164 g/mol. The average Bonchev–Trinajstić information content (AvgIpc) is 2.39. The fraction of sp³-hybridized carbons (Fsp3) is 0.857. The fourth-order valence-electron chi connectivity index (χ4n) is 0.912. The van der Waals surface area contributed by atoms with Crippen molar-refractivity contribution in [2.45, 2.75) is 25.7 Å². The minimum Gasteiger partial charge on any atom is -0.466 e. The molecule has 0 heterocycles. The molecule has 0 aromatic carbocycles. The molecule has 1 saturated carbocycles. The Morgan fingerprint density at radius 1 is 1.73 bits per heavy atom. The van der Waals surface area contributed by atoms with Crippen molar-refractivity contribution in [2.24, 2.45) is 5.92 Å². The molecule has 4 heteroatoms. The quantitative estimate of drug-likeness (QED) is 0.592. The van der Waals surface area contributed by atoms with E-state index < -0.39 is 17.8 Å². The van der Waals surface area contributed by atoms with E-state index in [9.17, 15) is 13.6 Å². The summed E-state index contributed by atoms with van der Waals surface area (Å²) in [5.41, 5.74) is 0. The Labute approximate surface area is 63.5 Å². The van der Waals surface area contributed by atoms with E-state index in [-0.39, 0.29) is 19.4 Å². The number of alkyl halides is 2. The highest BCUT2D eigenvalue weighted by atomic mass is 19.3. The molecule has 2 nitrogen and oxygen atoms in total. The van der Waals surface area contributed by atoms with Gasteiger partial charge in [-0.1, -0.05) is 0 Å². The Balaban J connectivity index is 2.18. The minimum absolute atomic E-state index is 0.138. The molecule has 0 aromatic rings. The van der Waals surface area contributed by atoms with Crippen LogP contribution >= 0.6 is 0 Å². The zero-order chi connectivity index (χ0) is 8.48. The standard InChI is InChI=1S/C7H10F2O2/c1-2-11-6(10)3-5-4-7(5,8)9/h5H,2-4H2,1H3. The van der Waals surface area contributed by atoms with Crippen molar-refractivity contribution in [2.75, 3.05) is 6.61 Å². The summed E-state index contributed by atoms with van der Waals surface area (Å²) in [4.78, 5) is 10.6.